The van der Waals surface area contributed by atoms with Crippen LogP contribution < -0.4 is 11.1 Å². The van der Waals surface area contributed by atoms with Crippen molar-refractivity contribution in [1.82, 2.24) is 20.4 Å². The molecule has 0 unspecified atom stereocenters. The number of hydrogen-bond donors (Lipinski definition) is 2. The van der Waals surface area contributed by atoms with E-state index >= 15 is 0 Å². The number of nitrogen functional groups attached to an aromatic ring is 1. The van der Waals surface area contributed by atoms with Crippen molar-refractivity contribution in [3.05, 3.63) is 16.1 Å². The fourth-order valence-corrected chi connectivity index (χ4v) is 3.82. The van der Waals surface area contributed by atoms with Gasteiger partial charge in [0.05, 0.1) is 17.4 Å². The van der Waals surface area contributed by atoms with E-state index in [-0.39, 0.29) is 11.9 Å². The van der Waals surface area contributed by atoms with Gasteiger partial charge in [-0.2, -0.15) is 5.10 Å². The van der Waals surface area contributed by atoms with Crippen LogP contribution in [0.25, 0.3) is 10.2 Å². The molecule has 3 rings (SSSR count). The number of hydrogen-bond acceptors (Lipinski definition) is 7. The van der Waals surface area contributed by atoms with Crippen molar-refractivity contribution in [2.45, 2.75) is 60.1 Å². The number of fused-ring (bicyclic) bond motifs is 1. The lowest BCUT2D eigenvalue weighted by molar-refractivity contribution is 0.0361. The predicted molar refractivity (Wildman–Crippen MR) is 112 cm³/mol. The van der Waals surface area contributed by atoms with E-state index in [1.54, 1.807) is 25.7 Å². The summed E-state index contributed by atoms with van der Waals surface area (Å²) < 4.78 is 5.22. The van der Waals surface area contributed by atoms with Gasteiger partial charge in [-0.25, -0.2) is 4.79 Å². The fourth-order valence-electron chi connectivity index (χ4n) is 2.75. The molecule has 28 heavy (non-hydrogen) atoms. The first-order valence-corrected chi connectivity index (χ1v) is 10.2. The summed E-state index contributed by atoms with van der Waals surface area (Å²) in [7, 11) is 0. The normalized spacial score (nSPS) is 14.2. The first-order valence-electron chi connectivity index (χ1n) is 9.37. The molecule has 0 aliphatic carbocycles. The van der Waals surface area contributed by atoms with Crippen LogP contribution in [0.4, 0.5) is 10.5 Å². The number of nitrogens with two attached hydrogens (primary N) is 1. The number of nitrogens with zero attached hydrogens (tertiary/aromatic N) is 3. The largest absolute Gasteiger partial charge is 0.444 e. The minimum atomic E-state index is -0.550. The summed E-state index contributed by atoms with van der Waals surface area (Å²) in [5, 5.41) is 11.8. The van der Waals surface area contributed by atoms with Crippen LogP contribution in [-0.2, 0) is 4.74 Å². The summed E-state index contributed by atoms with van der Waals surface area (Å²) in [6.07, 6.45) is -0.475. The minimum absolute atomic E-state index is 0.117. The number of nitrogens with one attached hydrogen (secondary N) is 1. The van der Waals surface area contributed by atoms with Crippen molar-refractivity contribution >= 4 is 39.2 Å². The number of rotatable bonds is 2. The van der Waals surface area contributed by atoms with Gasteiger partial charge in [0.25, 0.3) is 5.91 Å². The Balaban J connectivity index is 0.00000136. The van der Waals surface area contributed by atoms with E-state index in [2.05, 4.69) is 15.5 Å². The number of thiophene rings is 1. The van der Waals surface area contributed by atoms with E-state index in [4.69, 9.17) is 10.5 Å². The molecule has 3 heterocycles. The highest BCUT2D eigenvalue weighted by atomic mass is 32.1. The molecule has 0 saturated carbocycles. The minimum Gasteiger partial charge on any atom is -0.444 e. The number of carbonyl (C=O) groups excluding carboxylic acids is 2. The van der Waals surface area contributed by atoms with E-state index in [1.807, 2.05) is 27.7 Å². The molecule has 0 radical (unpaired) electrons. The Kier molecular flexibility index (Phi) is 6.48. The molecule has 2 aromatic rings. The molecule has 9 heteroatoms. The molecule has 0 spiro atoms. The van der Waals surface area contributed by atoms with Gasteiger partial charge in [0.15, 0.2) is 0 Å². The molecule has 0 atom stereocenters. The van der Waals surface area contributed by atoms with Crippen LogP contribution in [-0.4, -0.2) is 51.8 Å². The van der Waals surface area contributed by atoms with Crippen molar-refractivity contribution in [3.8, 4) is 0 Å². The number of aromatic nitrogens is 2. The Morgan fingerprint density at radius 3 is 2.39 bits per heavy atom. The molecule has 1 saturated heterocycles. The maximum Gasteiger partial charge on any atom is 0.407 e. The summed E-state index contributed by atoms with van der Waals surface area (Å²) in [4.78, 5) is 27.3. The van der Waals surface area contributed by atoms with Gasteiger partial charge >= 0.3 is 6.09 Å². The van der Waals surface area contributed by atoms with Crippen LogP contribution in [0.2, 0.25) is 0 Å². The second kappa shape index (κ2) is 8.30. The van der Waals surface area contributed by atoms with Gasteiger partial charge < -0.3 is 20.7 Å². The summed E-state index contributed by atoms with van der Waals surface area (Å²) in [6, 6.07) is -0.117. The Hall–Kier alpha value is -2.42. The summed E-state index contributed by atoms with van der Waals surface area (Å²) in [5.41, 5.74) is 7.86. The van der Waals surface area contributed by atoms with Crippen LogP contribution in [0.1, 0.15) is 55.5 Å². The van der Waals surface area contributed by atoms with Crippen molar-refractivity contribution in [1.29, 1.82) is 0 Å². The Labute approximate surface area is 169 Å². The average Bonchev–Trinajstić information content (AvgIpc) is 2.91. The zero-order chi connectivity index (χ0) is 21.2. The number of likely N-dealkylation sites (tertiary alicyclic amines) is 1. The third kappa shape index (κ3) is 4.52. The monoisotopic (exact) mass is 407 g/mol. The van der Waals surface area contributed by atoms with Crippen molar-refractivity contribution < 1.29 is 14.3 Å². The first-order chi connectivity index (χ1) is 13.1. The molecule has 8 nitrogen and oxygen atoms in total. The number of carbonyl (C=O) groups is 2. The van der Waals surface area contributed by atoms with Crippen molar-refractivity contribution in [2.75, 3.05) is 18.8 Å². The molecule has 2 aromatic heterocycles. The number of ether oxygens (including phenoxy) is 1. The Morgan fingerprint density at radius 2 is 1.82 bits per heavy atom. The molecular weight excluding hydrogens is 378 g/mol. The lowest BCUT2D eigenvalue weighted by Crippen LogP contribution is -2.61. The number of aryl methyl sites for hydroxylation is 2. The molecule has 1 fully saturated rings. The highest BCUT2D eigenvalue weighted by molar-refractivity contribution is 7.21. The molecular formula is C19H29N5O3S. The molecule has 0 aromatic carbocycles. The zero-order valence-electron chi connectivity index (χ0n) is 17.5. The van der Waals surface area contributed by atoms with Gasteiger partial charge in [-0.1, -0.05) is 13.8 Å². The lowest BCUT2D eigenvalue weighted by Gasteiger charge is -2.39. The summed E-state index contributed by atoms with van der Waals surface area (Å²) >= 11 is 1.25. The van der Waals surface area contributed by atoms with Crippen LogP contribution in [0, 0.1) is 13.8 Å². The number of anilines is 1. The highest BCUT2D eigenvalue weighted by Crippen LogP contribution is 2.36. The third-order valence-electron chi connectivity index (χ3n) is 4.22. The predicted octanol–water partition coefficient (Wildman–Crippen LogP) is 3.27. The van der Waals surface area contributed by atoms with E-state index in [0.29, 0.717) is 28.5 Å². The van der Waals surface area contributed by atoms with Gasteiger partial charge in [-0.15, -0.1) is 16.4 Å². The SMILES string of the molecule is CC.Cc1nnc2sc(C(=O)N3CC(NC(=O)OC(C)(C)C)C3)c(N)c2c1C. The Bertz CT molecular complexity index is 882. The maximum atomic E-state index is 12.7. The molecule has 3 N–H and O–H groups in total. The van der Waals surface area contributed by atoms with E-state index < -0.39 is 11.7 Å². The molecule has 1 aliphatic heterocycles. The quantitative estimate of drug-likeness (QED) is 0.790. The van der Waals surface area contributed by atoms with Gasteiger partial charge in [0.1, 0.15) is 15.3 Å². The smallest absolute Gasteiger partial charge is 0.407 e. The maximum absolute atomic E-state index is 12.7. The second-order valence-electron chi connectivity index (χ2n) is 7.49. The van der Waals surface area contributed by atoms with E-state index in [0.717, 1.165) is 16.6 Å². The zero-order valence-corrected chi connectivity index (χ0v) is 18.4. The molecule has 154 valence electrons. The Morgan fingerprint density at radius 1 is 1.21 bits per heavy atom. The molecule has 0 bridgehead atoms. The van der Waals surface area contributed by atoms with Gasteiger partial charge in [-0.05, 0) is 40.2 Å². The standard InChI is InChI=1S/C17H23N5O3S.C2H6/c1-8-9(2)20-21-14-11(8)12(18)13(26-14)15(23)22-6-10(7-22)19-16(24)25-17(3,4)5;1-2/h10H,6-7,18H2,1-5H3,(H,19,24);1-2H3. The van der Waals surface area contributed by atoms with E-state index in [1.165, 1.54) is 11.3 Å². The number of alkyl carbamates (subject to hydrolysis) is 1. The fraction of sp³-hybridized carbons (Fsp3) is 0.579. The lowest BCUT2D eigenvalue weighted by atomic mass is 10.1. The van der Waals surface area contributed by atoms with Crippen LogP contribution in [0.5, 0.6) is 0 Å². The third-order valence-corrected chi connectivity index (χ3v) is 5.30. The highest BCUT2D eigenvalue weighted by Gasteiger charge is 2.35. The molecule has 1 aliphatic rings. The first kappa shape index (κ1) is 21.9. The topological polar surface area (TPSA) is 110 Å². The summed E-state index contributed by atoms with van der Waals surface area (Å²) in [6.45, 7) is 14.1. The van der Waals surface area contributed by atoms with E-state index in [9.17, 15) is 9.59 Å². The van der Waals surface area contributed by atoms with Gasteiger partial charge in [0.2, 0.25) is 0 Å². The van der Waals surface area contributed by atoms with Crippen molar-refractivity contribution in [3.63, 3.8) is 0 Å². The van der Waals surface area contributed by atoms with Crippen LogP contribution in [0.15, 0.2) is 0 Å². The number of amides is 2. The average molecular weight is 408 g/mol. The van der Waals surface area contributed by atoms with Crippen LogP contribution in [0.3, 0.4) is 0 Å². The van der Waals surface area contributed by atoms with Crippen molar-refractivity contribution in [2.24, 2.45) is 0 Å². The van der Waals surface area contributed by atoms with Crippen LogP contribution >= 0.6 is 11.3 Å². The summed E-state index contributed by atoms with van der Waals surface area (Å²) in [5.74, 6) is -0.148. The molecule has 2 amide bonds. The van der Waals surface area contributed by atoms with Gasteiger partial charge in [0, 0.05) is 18.5 Å². The van der Waals surface area contributed by atoms with Gasteiger partial charge in [-0.3, -0.25) is 4.79 Å². The second-order valence-corrected chi connectivity index (χ2v) is 8.49.